The van der Waals surface area contributed by atoms with Crippen LogP contribution in [-0.2, 0) is 26.2 Å². The summed E-state index contributed by atoms with van der Waals surface area (Å²) in [7, 11) is 0. The number of alkyl halides is 1. The number of halogens is 1. The van der Waals surface area contributed by atoms with Crippen molar-refractivity contribution in [3.8, 4) is 0 Å². The molecule has 6 rings (SSSR count). The Labute approximate surface area is 202 Å². The highest BCUT2D eigenvalue weighted by Gasteiger charge is 2.56. The van der Waals surface area contributed by atoms with Crippen LogP contribution in [0, 0.1) is 24.7 Å². The van der Waals surface area contributed by atoms with E-state index < -0.39 is 11.1 Å². The van der Waals surface area contributed by atoms with Crippen molar-refractivity contribution in [2.24, 2.45) is 17.8 Å². The minimum Gasteiger partial charge on any atom is -0.378 e. The second-order valence-corrected chi connectivity index (χ2v) is 11.9. The Bertz CT molecular complexity index is 939. The molecule has 6 heteroatoms. The van der Waals surface area contributed by atoms with Crippen molar-refractivity contribution in [3.05, 3.63) is 34.9 Å². The Morgan fingerprint density at radius 2 is 1.79 bits per heavy atom. The van der Waals surface area contributed by atoms with Gasteiger partial charge in [0.15, 0.2) is 0 Å². The molecule has 5 aliphatic rings. The van der Waals surface area contributed by atoms with Crippen LogP contribution >= 0.6 is 0 Å². The Balaban J connectivity index is 1.25. The summed E-state index contributed by atoms with van der Waals surface area (Å²) in [5, 5.41) is 3.37. The van der Waals surface area contributed by atoms with E-state index >= 15 is 4.39 Å². The molecule has 1 N–H and O–H groups in total. The van der Waals surface area contributed by atoms with Gasteiger partial charge in [0.2, 0.25) is 11.8 Å². The van der Waals surface area contributed by atoms with Gasteiger partial charge in [-0.25, -0.2) is 4.39 Å². The van der Waals surface area contributed by atoms with Crippen molar-refractivity contribution < 1.29 is 18.7 Å². The lowest BCUT2D eigenvalue weighted by atomic mass is 9.53. The van der Waals surface area contributed by atoms with E-state index in [1.165, 1.54) is 0 Å². The summed E-state index contributed by atoms with van der Waals surface area (Å²) in [6, 6.07) is 6.39. The van der Waals surface area contributed by atoms with Crippen LogP contribution in [0.2, 0.25) is 0 Å². The van der Waals surface area contributed by atoms with E-state index in [0.717, 1.165) is 36.0 Å². The average Bonchev–Trinajstić information content (AvgIpc) is 2.78. The number of carbonyl (C=O) groups excluding carboxylic acids is 2. The normalized spacial score (nSPS) is 32.6. The van der Waals surface area contributed by atoms with Gasteiger partial charge >= 0.3 is 0 Å². The zero-order valence-electron chi connectivity index (χ0n) is 20.9. The molecule has 5 nitrogen and oxygen atoms in total. The van der Waals surface area contributed by atoms with Gasteiger partial charge in [-0.1, -0.05) is 23.8 Å². The molecule has 5 atom stereocenters. The molecule has 1 heterocycles. The van der Waals surface area contributed by atoms with Crippen LogP contribution in [-0.4, -0.2) is 54.7 Å². The standard InChI is InChI=1S/C28H39FN2O3/c1-18-10-19(4-5-24(32)31-6-8-34-9-7-31)14-23(11-18)27(2,3)26(33)30-25-21-12-20-13-22(25)17-28(29,15-20)16-21/h10-11,14,20-22,25H,4-9,12-13,15-17H2,1-3H3,(H,30,33)/t20?,21-,22+,25+,28+. The Morgan fingerprint density at radius 1 is 1.12 bits per heavy atom. The molecule has 2 amide bonds. The van der Waals surface area contributed by atoms with Gasteiger partial charge in [0.05, 0.1) is 18.6 Å². The molecule has 1 aromatic carbocycles. The highest BCUT2D eigenvalue weighted by Crippen LogP contribution is 2.57. The van der Waals surface area contributed by atoms with Gasteiger partial charge in [-0.15, -0.1) is 0 Å². The number of amides is 2. The maximum atomic E-state index is 15.1. The topological polar surface area (TPSA) is 58.6 Å². The van der Waals surface area contributed by atoms with E-state index in [1.54, 1.807) is 0 Å². The fourth-order valence-electron chi connectivity index (χ4n) is 7.21. The van der Waals surface area contributed by atoms with E-state index in [1.807, 2.05) is 25.7 Å². The van der Waals surface area contributed by atoms with E-state index in [2.05, 4.69) is 23.5 Å². The van der Waals surface area contributed by atoms with Crippen molar-refractivity contribution in [2.75, 3.05) is 26.3 Å². The summed E-state index contributed by atoms with van der Waals surface area (Å²) in [6.07, 6.45) is 5.18. The minimum atomic E-state index is -0.989. The van der Waals surface area contributed by atoms with Crippen LogP contribution in [0.3, 0.4) is 0 Å². The second-order valence-electron chi connectivity index (χ2n) is 11.9. The first-order valence-electron chi connectivity index (χ1n) is 13.1. The fourth-order valence-corrected chi connectivity index (χ4v) is 7.21. The van der Waals surface area contributed by atoms with Crippen LogP contribution in [0.4, 0.5) is 4.39 Å². The molecule has 0 spiro atoms. The highest BCUT2D eigenvalue weighted by molar-refractivity contribution is 5.87. The van der Waals surface area contributed by atoms with Crippen molar-refractivity contribution in [2.45, 2.75) is 82.8 Å². The van der Waals surface area contributed by atoms with Gasteiger partial charge in [0.25, 0.3) is 0 Å². The Kier molecular flexibility index (Phi) is 6.24. The molecule has 1 aromatic rings. The first kappa shape index (κ1) is 23.8. The molecular weight excluding hydrogens is 431 g/mol. The number of morpholine rings is 1. The Morgan fingerprint density at radius 3 is 2.44 bits per heavy atom. The van der Waals surface area contributed by atoms with Crippen LogP contribution in [0.5, 0.6) is 0 Å². The fraction of sp³-hybridized carbons (Fsp3) is 0.714. The zero-order chi connectivity index (χ0) is 24.1. The van der Waals surface area contributed by atoms with Gasteiger partial charge in [-0.05, 0) is 88.2 Å². The van der Waals surface area contributed by atoms with E-state index in [9.17, 15) is 9.59 Å². The third kappa shape index (κ3) is 4.62. The quantitative estimate of drug-likeness (QED) is 0.681. The lowest BCUT2D eigenvalue weighted by molar-refractivity contribution is -0.135. The molecule has 4 bridgehead atoms. The lowest BCUT2D eigenvalue weighted by Crippen LogP contribution is -2.61. The van der Waals surface area contributed by atoms with Crippen LogP contribution in [0.15, 0.2) is 18.2 Å². The van der Waals surface area contributed by atoms with E-state index in [0.29, 0.717) is 57.9 Å². The van der Waals surface area contributed by atoms with Crippen molar-refractivity contribution in [3.63, 3.8) is 0 Å². The molecule has 0 aromatic heterocycles. The number of hydrogen-bond acceptors (Lipinski definition) is 3. The summed E-state index contributed by atoms with van der Waals surface area (Å²) in [4.78, 5) is 28.0. The molecule has 34 heavy (non-hydrogen) atoms. The first-order chi connectivity index (χ1) is 16.1. The van der Waals surface area contributed by atoms with Crippen molar-refractivity contribution in [1.82, 2.24) is 10.2 Å². The molecule has 4 saturated carbocycles. The third-order valence-electron chi connectivity index (χ3n) is 8.91. The summed E-state index contributed by atoms with van der Waals surface area (Å²) >= 11 is 0. The average molecular weight is 471 g/mol. The number of hydrogen-bond donors (Lipinski definition) is 1. The van der Waals surface area contributed by atoms with Crippen LogP contribution in [0.1, 0.15) is 69.1 Å². The minimum absolute atomic E-state index is 0.0267. The molecule has 186 valence electrons. The maximum Gasteiger partial charge on any atom is 0.230 e. The van der Waals surface area contributed by atoms with E-state index in [-0.39, 0.29) is 29.7 Å². The molecule has 5 fully saturated rings. The number of nitrogens with zero attached hydrogens (tertiary/aromatic N) is 1. The number of ether oxygens (including phenoxy) is 1. The zero-order valence-corrected chi connectivity index (χ0v) is 20.9. The summed E-state index contributed by atoms with van der Waals surface area (Å²) in [6.45, 7) is 8.55. The summed E-state index contributed by atoms with van der Waals surface area (Å²) in [5.74, 6) is 1.24. The van der Waals surface area contributed by atoms with Crippen molar-refractivity contribution >= 4 is 11.8 Å². The van der Waals surface area contributed by atoms with Crippen LogP contribution in [0.25, 0.3) is 0 Å². The SMILES string of the molecule is Cc1cc(CCC(=O)N2CCOCC2)cc(C(C)(C)C(=O)N[C@H]2[C@@H]3CC4C[C@H]2C[C@](F)(C4)C3)c1. The highest BCUT2D eigenvalue weighted by atomic mass is 19.1. The Hall–Kier alpha value is -1.95. The molecule has 1 aliphatic heterocycles. The van der Waals surface area contributed by atoms with Gasteiger partial charge in [-0.3, -0.25) is 9.59 Å². The van der Waals surface area contributed by atoms with Gasteiger partial charge in [0.1, 0.15) is 5.67 Å². The lowest BCUT2D eigenvalue weighted by Gasteiger charge is -2.57. The monoisotopic (exact) mass is 470 g/mol. The number of benzene rings is 1. The molecule has 1 saturated heterocycles. The maximum absolute atomic E-state index is 15.1. The number of nitrogens with one attached hydrogen (secondary N) is 1. The van der Waals surface area contributed by atoms with E-state index in [4.69, 9.17) is 4.74 Å². The smallest absolute Gasteiger partial charge is 0.230 e. The van der Waals surface area contributed by atoms with Gasteiger partial charge in [0, 0.05) is 25.6 Å². The summed E-state index contributed by atoms with van der Waals surface area (Å²) in [5.41, 5.74) is 1.48. The molecule has 0 radical (unpaired) electrons. The molecular formula is C28H39FN2O3. The predicted molar refractivity (Wildman–Crippen MR) is 129 cm³/mol. The predicted octanol–water partition coefficient (Wildman–Crippen LogP) is 4.10. The van der Waals surface area contributed by atoms with Crippen molar-refractivity contribution in [1.29, 1.82) is 0 Å². The molecule has 1 unspecified atom stereocenters. The largest absolute Gasteiger partial charge is 0.378 e. The third-order valence-corrected chi connectivity index (χ3v) is 8.91. The first-order valence-corrected chi connectivity index (χ1v) is 13.1. The van der Waals surface area contributed by atoms with Gasteiger partial charge < -0.3 is 15.0 Å². The molecule has 4 aliphatic carbocycles. The van der Waals surface area contributed by atoms with Gasteiger partial charge in [-0.2, -0.15) is 0 Å². The second kappa shape index (κ2) is 8.92. The number of carbonyl (C=O) groups is 2. The van der Waals surface area contributed by atoms with Crippen LogP contribution < -0.4 is 5.32 Å². The summed E-state index contributed by atoms with van der Waals surface area (Å²) < 4.78 is 20.4. The number of rotatable bonds is 6. The number of aryl methyl sites for hydroxylation is 2.